The normalized spacial score (nSPS) is 22.3. The van der Waals surface area contributed by atoms with Crippen LogP contribution in [-0.2, 0) is 10.0 Å². The molecular weight excluding hydrogens is 262 g/mol. The third-order valence-electron chi connectivity index (χ3n) is 4.23. The van der Waals surface area contributed by atoms with Gasteiger partial charge >= 0.3 is 0 Å². The minimum absolute atomic E-state index is 0.0127. The van der Waals surface area contributed by atoms with Crippen molar-refractivity contribution >= 4 is 10.0 Å². The molecule has 0 radical (unpaired) electrons. The molecule has 0 aromatic rings. The van der Waals surface area contributed by atoms with Crippen LogP contribution in [0.2, 0.25) is 0 Å². The zero-order chi connectivity index (χ0) is 14.5. The minimum Gasteiger partial charge on any atom is -0.329 e. The summed E-state index contributed by atoms with van der Waals surface area (Å²) >= 11 is 0. The van der Waals surface area contributed by atoms with Crippen molar-refractivity contribution in [3.63, 3.8) is 0 Å². The number of unbranched alkanes of at least 4 members (excludes halogenated alkanes) is 2. The number of hydrogen-bond acceptors (Lipinski definition) is 4. The number of nitrogens with two attached hydrogens (primary N) is 1. The van der Waals surface area contributed by atoms with E-state index in [2.05, 4.69) is 18.7 Å². The quantitative estimate of drug-likeness (QED) is 0.707. The fraction of sp³-hybridized carbons (Fsp3) is 1.00. The molecule has 0 bridgehead atoms. The summed E-state index contributed by atoms with van der Waals surface area (Å²) in [5.41, 5.74) is 5.98. The molecule has 2 N–H and O–H groups in total. The van der Waals surface area contributed by atoms with Gasteiger partial charge in [-0.1, -0.05) is 26.2 Å². The average molecular weight is 291 g/mol. The predicted octanol–water partition coefficient (Wildman–Crippen LogP) is 0.861. The molecule has 0 saturated carbocycles. The summed E-state index contributed by atoms with van der Waals surface area (Å²) in [5.74, 6) is 0. The molecule has 0 amide bonds. The first-order valence-electron chi connectivity index (χ1n) is 7.24. The minimum atomic E-state index is -3.05. The third kappa shape index (κ3) is 4.70. The molecule has 0 aromatic heterocycles. The van der Waals surface area contributed by atoms with Crippen molar-refractivity contribution in [2.24, 2.45) is 5.73 Å². The van der Waals surface area contributed by atoms with Crippen molar-refractivity contribution < 1.29 is 8.42 Å². The Kier molecular flexibility index (Phi) is 6.23. The van der Waals surface area contributed by atoms with Crippen LogP contribution >= 0.6 is 0 Å². The topological polar surface area (TPSA) is 66.6 Å². The summed E-state index contributed by atoms with van der Waals surface area (Å²) in [4.78, 5) is 2.37. The molecule has 1 saturated heterocycles. The molecule has 114 valence electrons. The molecule has 1 aliphatic heterocycles. The lowest BCUT2D eigenvalue weighted by Gasteiger charge is -2.45. The molecule has 6 heteroatoms. The van der Waals surface area contributed by atoms with Crippen LogP contribution < -0.4 is 5.73 Å². The van der Waals surface area contributed by atoms with Gasteiger partial charge in [-0.05, 0) is 13.3 Å². The van der Waals surface area contributed by atoms with E-state index in [0.29, 0.717) is 19.6 Å². The van der Waals surface area contributed by atoms with Gasteiger partial charge in [-0.25, -0.2) is 8.42 Å². The van der Waals surface area contributed by atoms with Crippen molar-refractivity contribution in [2.45, 2.75) is 45.1 Å². The summed E-state index contributed by atoms with van der Waals surface area (Å²) < 4.78 is 24.6. The Morgan fingerprint density at radius 3 is 2.16 bits per heavy atom. The highest BCUT2D eigenvalue weighted by Crippen LogP contribution is 2.23. The van der Waals surface area contributed by atoms with E-state index < -0.39 is 10.0 Å². The van der Waals surface area contributed by atoms with E-state index in [9.17, 15) is 8.42 Å². The monoisotopic (exact) mass is 291 g/mol. The first-order chi connectivity index (χ1) is 8.83. The van der Waals surface area contributed by atoms with Gasteiger partial charge < -0.3 is 5.73 Å². The van der Waals surface area contributed by atoms with Gasteiger partial charge in [0.1, 0.15) is 0 Å². The second-order valence-electron chi connectivity index (χ2n) is 5.81. The smallest absolute Gasteiger partial charge is 0.211 e. The average Bonchev–Trinajstić information content (AvgIpc) is 2.38. The molecular formula is C13H29N3O2S. The molecule has 0 spiro atoms. The van der Waals surface area contributed by atoms with E-state index in [1.807, 2.05) is 0 Å². The highest BCUT2D eigenvalue weighted by molar-refractivity contribution is 7.88. The van der Waals surface area contributed by atoms with Crippen LogP contribution in [0.1, 0.15) is 39.5 Å². The summed E-state index contributed by atoms with van der Waals surface area (Å²) in [6, 6.07) is 0. The maximum absolute atomic E-state index is 11.5. The van der Waals surface area contributed by atoms with Gasteiger partial charge in [0, 0.05) is 38.3 Å². The summed E-state index contributed by atoms with van der Waals surface area (Å²) in [5, 5.41) is 0. The zero-order valence-electron chi connectivity index (χ0n) is 12.6. The lowest BCUT2D eigenvalue weighted by atomic mass is 9.91. The van der Waals surface area contributed by atoms with Crippen LogP contribution in [0.4, 0.5) is 0 Å². The molecule has 1 atom stereocenters. The Balaban J connectivity index is 2.55. The van der Waals surface area contributed by atoms with Gasteiger partial charge in [0.05, 0.1) is 6.26 Å². The molecule has 0 aromatic carbocycles. The van der Waals surface area contributed by atoms with Gasteiger partial charge in [-0.15, -0.1) is 0 Å². The molecule has 0 aliphatic carbocycles. The molecule has 1 rings (SSSR count). The number of sulfonamides is 1. The molecule has 19 heavy (non-hydrogen) atoms. The largest absolute Gasteiger partial charge is 0.329 e. The molecule has 1 fully saturated rings. The standard InChI is InChI=1S/C13H29N3O2S/c1-4-5-6-7-13(2,12-14)15-8-10-16(11-9-15)19(3,17)18/h4-12,14H2,1-3H3. The Morgan fingerprint density at radius 1 is 1.16 bits per heavy atom. The number of piperazine rings is 1. The second-order valence-corrected chi connectivity index (χ2v) is 7.79. The van der Waals surface area contributed by atoms with Crippen molar-refractivity contribution in [1.29, 1.82) is 0 Å². The van der Waals surface area contributed by atoms with Crippen LogP contribution in [0.15, 0.2) is 0 Å². The van der Waals surface area contributed by atoms with Crippen LogP contribution in [0.25, 0.3) is 0 Å². The Labute approximate surface area is 118 Å². The lowest BCUT2D eigenvalue weighted by molar-refractivity contribution is 0.0636. The molecule has 1 aliphatic rings. The van der Waals surface area contributed by atoms with Crippen molar-refractivity contribution in [2.75, 3.05) is 39.0 Å². The summed E-state index contributed by atoms with van der Waals surface area (Å²) in [6.45, 7) is 7.78. The van der Waals surface area contributed by atoms with Crippen LogP contribution in [0, 0.1) is 0 Å². The highest BCUT2D eigenvalue weighted by Gasteiger charge is 2.34. The lowest BCUT2D eigenvalue weighted by Crippen LogP contribution is -2.59. The van der Waals surface area contributed by atoms with Crippen LogP contribution in [0.5, 0.6) is 0 Å². The fourth-order valence-corrected chi connectivity index (χ4v) is 3.53. The number of nitrogens with zero attached hydrogens (tertiary/aromatic N) is 2. The van der Waals surface area contributed by atoms with Gasteiger partial charge in [-0.3, -0.25) is 4.90 Å². The van der Waals surface area contributed by atoms with E-state index in [4.69, 9.17) is 5.73 Å². The third-order valence-corrected chi connectivity index (χ3v) is 5.53. The van der Waals surface area contributed by atoms with Gasteiger partial charge in [-0.2, -0.15) is 4.31 Å². The maximum atomic E-state index is 11.5. The van der Waals surface area contributed by atoms with Crippen molar-refractivity contribution in [3.05, 3.63) is 0 Å². The SMILES string of the molecule is CCCCCC(C)(CN)N1CCN(S(C)(=O)=O)CC1. The van der Waals surface area contributed by atoms with Gasteiger partial charge in [0.25, 0.3) is 0 Å². The Hall–Kier alpha value is -0.170. The summed E-state index contributed by atoms with van der Waals surface area (Å²) in [7, 11) is -3.05. The second kappa shape index (κ2) is 7.02. The Morgan fingerprint density at radius 2 is 1.74 bits per heavy atom. The fourth-order valence-electron chi connectivity index (χ4n) is 2.70. The Bertz CT molecular complexity index is 364. The number of hydrogen-bond donors (Lipinski definition) is 1. The van der Waals surface area contributed by atoms with Crippen LogP contribution in [-0.4, -0.2) is 62.1 Å². The zero-order valence-corrected chi connectivity index (χ0v) is 13.4. The van der Waals surface area contributed by atoms with Crippen molar-refractivity contribution in [1.82, 2.24) is 9.21 Å². The molecule has 1 heterocycles. The first kappa shape index (κ1) is 16.9. The molecule has 5 nitrogen and oxygen atoms in total. The first-order valence-corrected chi connectivity index (χ1v) is 9.08. The van der Waals surface area contributed by atoms with E-state index >= 15 is 0 Å². The number of rotatable bonds is 7. The van der Waals surface area contributed by atoms with E-state index in [1.165, 1.54) is 25.5 Å². The molecule has 1 unspecified atom stereocenters. The van der Waals surface area contributed by atoms with Gasteiger partial charge in [0.2, 0.25) is 10.0 Å². The van der Waals surface area contributed by atoms with Crippen molar-refractivity contribution in [3.8, 4) is 0 Å². The summed E-state index contributed by atoms with van der Waals surface area (Å²) in [6.07, 6.45) is 6.01. The highest BCUT2D eigenvalue weighted by atomic mass is 32.2. The van der Waals surface area contributed by atoms with Gasteiger partial charge in [0.15, 0.2) is 0 Å². The maximum Gasteiger partial charge on any atom is 0.211 e. The van der Waals surface area contributed by atoms with E-state index in [0.717, 1.165) is 19.5 Å². The predicted molar refractivity (Wildman–Crippen MR) is 79.6 cm³/mol. The van der Waals surface area contributed by atoms with E-state index in [-0.39, 0.29) is 5.54 Å². The van der Waals surface area contributed by atoms with E-state index in [1.54, 1.807) is 4.31 Å². The van der Waals surface area contributed by atoms with Crippen LogP contribution in [0.3, 0.4) is 0 Å².